The minimum absolute atomic E-state index is 0.00110. The molecule has 1 amide bonds. The summed E-state index contributed by atoms with van der Waals surface area (Å²) in [6, 6.07) is 15.5. The van der Waals surface area contributed by atoms with Gasteiger partial charge in [-0.2, -0.15) is 4.37 Å². The third-order valence-corrected chi connectivity index (χ3v) is 6.55. The van der Waals surface area contributed by atoms with Gasteiger partial charge in [0.2, 0.25) is 5.13 Å². The predicted octanol–water partition coefficient (Wildman–Crippen LogP) is 3.64. The second-order valence-electron chi connectivity index (χ2n) is 7.70. The van der Waals surface area contributed by atoms with Gasteiger partial charge in [-0.3, -0.25) is 9.69 Å². The lowest BCUT2D eigenvalue weighted by Gasteiger charge is -2.34. The molecule has 0 unspecified atom stereocenters. The van der Waals surface area contributed by atoms with E-state index in [0.717, 1.165) is 65.4 Å². The molecule has 1 aliphatic heterocycles. The Kier molecular flexibility index (Phi) is 7.17. The van der Waals surface area contributed by atoms with Gasteiger partial charge < -0.3 is 10.2 Å². The maximum atomic E-state index is 12.3. The monoisotopic (exact) mass is 455 g/mol. The van der Waals surface area contributed by atoms with Crippen molar-refractivity contribution in [2.75, 3.05) is 44.2 Å². The summed E-state index contributed by atoms with van der Waals surface area (Å²) in [7, 11) is 0. The molecule has 2 heterocycles. The first-order valence-corrected chi connectivity index (χ1v) is 11.6. The molecule has 1 fully saturated rings. The van der Waals surface area contributed by atoms with Crippen molar-refractivity contribution in [2.24, 2.45) is 0 Å². The third kappa shape index (κ3) is 5.81. The Labute approximate surface area is 192 Å². The number of aromatic nitrogens is 2. The average Bonchev–Trinajstić information content (AvgIpc) is 3.24. The molecule has 3 aromatic rings. The van der Waals surface area contributed by atoms with E-state index in [4.69, 9.17) is 16.6 Å². The van der Waals surface area contributed by atoms with E-state index in [-0.39, 0.29) is 5.91 Å². The zero-order valence-corrected chi connectivity index (χ0v) is 19.1. The lowest BCUT2D eigenvalue weighted by molar-refractivity contribution is 0.0947. The number of hydrogen-bond donors (Lipinski definition) is 1. The highest BCUT2D eigenvalue weighted by atomic mass is 35.5. The molecule has 6 nitrogen and oxygen atoms in total. The van der Waals surface area contributed by atoms with Crippen LogP contribution >= 0.6 is 23.1 Å². The number of carbonyl (C=O) groups excluding carboxylic acids is 1. The number of rotatable bonds is 7. The van der Waals surface area contributed by atoms with Crippen LogP contribution in [0.25, 0.3) is 0 Å². The molecule has 31 heavy (non-hydrogen) atoms. The highest BCUT2D eigenvalue weighted by Crippen LogP contribution is 2.21. The molecule has 1 aromatic heterocycles. The molecule has 0 spiro atoms. The van der Waals surface area contributed by atoms with E-state index in [9.17, 15) is 4.79 Å². The van der Waals surface area contributed by atoms with E-state index in [0.29, 0.717) is 13.0 Å². The first-order chi connectivity index (χ1) is 15.1. The number of aryl methyl sites for hydroxylation is 1. The number of carbonyl (C=O) groups is 1. The molecule has 0 aliphatic carbocycles. The fourth-order valence-corrected chi connectivity index (χ4v) is 4.51. The SMILES string of the molecule is Cc1ccccc1C(=O)NCCN1CCN(c2nc(Cc3ccc(Cl)cc3)ns2)CC1. The summed E-state index contributed by atoms with van der Waals surface area (Å²) in [5, 5.41) is 4.76. The summed E-state index contributed by atoms with van der Waals surface area (Å²) >= 11 is 7.42. The summed E-state index contributed by atoms with van der Waals surface area (Å²) < 4.78 is 4.53. The summed E-state index contributed by atoms with van der Waals surface area (Å²) in [4.78, 5) is 21.7. The Balaban J connectivity index is 1.21. The standard InChI is InChI=1S/C23H26ClN5OS/c1-17-4-2-3-5-20(17)22(30)25-10-11-28-12-14-29(15-13-28)23-26-21(27-31-23)16-18-6-8-19(24)9-7-18/h2-9H,10-16H2,1H3,(H,25,30). The van der Waals surface area contributed by atoms with E-state index in [1.54, 1.807) is 0 Å². The van der Waals surface area contributed by atoms with Crippen molar-refractivity contribution in [3.05, 3.63) is 76.1 Å². The largest absolute Gasteiger partial charge is 0.351 e. The van der Waals surface area contributed by atoms with Crippen molar-refractivity contribution < 1.29 is 4.79 Å². The maximum absolute atomic E-state index is 12.3. The number of nitrogens with one attached hydrogen (secondary N) is 1. The van der Waals surface area contributed by atoms with Crippen molar-refractivity contribution in [3.63, 3.8) is 0 Å². The average molecular weight is 456 g/mol. The number of halogens is 1. The predicted molar refractivity (Wildman–Crippen MR) is 126 cm³/mol. The number of anilines is 1. The Hall–Kier alpha value is -2.48. The summed E-state index contributed by atoms with van der Waals surface area (Å²) in [5.74, 6) is 0.850. The molecule has 1 aliphatic rings. The number of hydrogen-bond acceptors (Lipinski definition) is 6. The second kappa shape index (κ2) is 10.2. The maximum Gasteiger partial charge on any atom is 0.251 e. The molecule has 0 atom stereocenters. The van der Waals surface area contributed by atoms with E-state index >= 15 is 0 Å². The van der Waals surface area contributed by atoms with Gasteiger partial charge in [-0.25, -0.2) is 4.98 Å². The Morgan fingerprint density at radius 1 is 1.10 bits per heavy atom. The highest BCUT2D eigenvalue weighted by molar-refractivity contribution is 7.09. The number of piperazine rings is 1. The Bertz CT molecular complexity index is 1010. The van der Waals surface area contributed by atoms with Gasteiger partial charge in [0.1, 0.15) is 5.82 Å². The molecule has 2 aromatic carbocycles. The number of benzene rings is 2. The minimum atomic E-state index is -0.00110. The summed E-state index contributed by atoms with van der Waals surface area (Å²) in [6.45, 7) is 7.20. The number of amides is 1. The molecule has 162 valence electrons. The molecule has 0 bridgehead atoms. The van der Waals surface area contributed by atoms with Crippen LogP contribution in [-0.2, 0) is 6.42 Å². The van der Waals surface area contributed by atoms with Crippen LogP contribution in [0, 0.1) is 6.92 Å². The van der Waals surface area contributed by atoms with Crippen LogP contribution in [0.1, 0.15) is 27.3 Å². The molecule has 8 heteroatoms. The quantitative estimate of drug-likeness (QED) is 0.589. The smallest absolute Gasteiger partial charge is 0.251 e. The normalized spacial score (nSPS) is 14.6. The van der Waals surface area contributed by atoms with Gasteiger partial charge >= 0.3 is 0 Å². The van der Waals surface area contributed by atoms with Crippen LogP contribution in [0.4, 0.5) is 5.13 Å². The van der Waals surface area contributed by atoms with Crippen LogP contribution in [0.15, 0.2) is 48.5 Å². The van der Waals surface area contributed by atoms with Gasteiger partial charge in [0.15, 0.2) is 0 Å². The van der Waals surface area contributed by atoms with Crippen molar-refractivity contribution in [3.8, 4) is 0 Å². The highest BCUT2D eigenvalue weighted by Gasteiger charge is 2.20. The van der Waals surface area contributed by atoms with Gasteiger partial charge in [0.25, 0.3) is 5.91 Å². The lowest BCUT2D eigenvalue weighted by atomic mass is 10.1. The molecular formula is C23H26ClN5OS. The first kappa shape index (κ1) is 21.7. The Morgan fingerprint density at radius 3 is 2.58 bits per heavy atom. The van der Waals surface area contributed by atoms with Crippen molar-refractivity contribution >= 4 is 34.2 Å². The third-order valence-electron chi connectivity index (χ3n) is 5.48. The lowest BCUT2D eigenvalue weighted by Crippen LogP contribution is -2.48. The Morgan fingerprint density at radius 2 is 1.84 bits per heavy atom. The zero-order chi connectivity index (χ0) is 21.6. The number of nitrogens with zero attached hydrogens (tertiary/aromatic N) is 4. The summed E-state index contributed by atoms with van der Waals surface area (Å²) in [6.07, 6.45) is 0.716. The van der Waals surface area contributed by atoms with Crippen molar-refractivity contribution in [2.45, 2.75) is 13.3 Å². The molecule has 4 rings (SSSR count). The van der Waals surface area contributed by atoms with Crippen LogP contribution in [0.3, 0.4) is 0 Å². The van der Waals surface area contributed by atoms with Gasteiger partial charge in [-0.1, -0.05) is 41.9 Å². The molecule has 0 radical (unpaired) electrons. The fraction of sp³-hybridized carbons (Fsp3) is 0.348. The molecule has 1 N–H and O–H groups in total. The molecule has 1 saturated heterocycles. The topological polar surface area (TPSA) is 61.4 Å². The van der Waals surface area contributed by atoms with Crippen molar-refractivity contribution in [1.29, 1.82) is 0 Å². The van der Waals surface area contributed by atoms with Gasteiger partial charge in [-0.15, -0.1) is 0 Å². The second-order valence-corrected chi connectivity index (χ2v) is 8.86. The minimum Gasteiger partial charge on any atom is -0.351 e. The first-order valence-electron chi connectivity index (χ1n) is 10.5. The van der Waals surface area contributed by atoms with E-state index in [1.807, 2.05) is 55.5 Å². The van der Waals surface area contributed by atoms with E-state index < -0.39 is 0 Å². The molecule has 0 saturated carbocycles. The van der Waals surface area contributed by atoms with Gasteiger partial charge in [0, 0.05) is 67.8 Å². The zero-order valence-electron chi connectivity index (χ0n) is 17.6. The summed E-state index contributed by atoms with van der Waals surface area (Å²) in [5.41, 5.74) is 2.91. The van der Waals surface area contributed by atoms with Crippen molar-refractivity contribution in [1.82, 2.24) is 19.6 Å². The van der Waals surface area contributed by atoms with Gasteiger partial charge in [-0.05, 0) is 36.2 Å². The van der Waals surface area contributed by atoms with Gasteiger partial charge in [0.05, 0.1) is 0 Å². The van der Waals surface area contributed by atoms with Crippen LogP contribution in [-0.4, -0.2) is 59.4 Å². The fourth-order valence-electron chi connectivity index (χ4n) is 3.64. The van der Waals surface area contributed by atoms with Crippen LogP contribution in [0.2, 0.25) is 5.02 Å². The van der Waals surface area contributed by atoms with Crippen LogP contribution in [0.5, 0.6) is 0 Å². The van der Waals surface area contributed by atoms with E-state index in [1.165, 1.54) is 11.5 Å². The molecular weight excluding hydrogens is 430 g/mol. The van der Waals surface area contributed by atoms with E-state index in [2.05, 4.69) is 19.5 Å². The van der Waals surface area contributed by atoms with Crippen LogP contribution < -0.4 is 10.2 Å².